The summed E-state index contributed by atoms with van der Waals surface area (Å²) in [6, 6.07) is 9.53. The first-order valence-electron chi connectivity index (χ1n) is 11.7. The van der Waals surface area contributed by atoms with Crippen molar-refractivity contribution in [3.63, 3.8) is 0 Å². The van der Waals surface area contributed by atoms with Crippen molar-refractivity contribution in [2.75, 3.05) is 19.0 Å². The quantitative estimate of drug-likeness (QED) is 0.320. The van der Waals surface area contributed by atoms with E-state index < -0.39 is 11.5 Å². The van der Waals surface area contributed by atoms with Crippen LogP contribution in [-0.4, -0.2) is 44.4 Å². The first-order valence-corrected chi connectivity index (χ1v) is 13.0. The topological polar surface area (TPSA) is 125 Å². The second kappa shape index (κ2) is 12.6. The zero-order valence-corrected chi connectivity index (χ0v) is 22.5. The van der Waals surface area contributed by atoms with Gasteiger partial charge in [-0.2, -0.15) is 5.26 Å². The molecule has 0 bridgehead atoms. The fraction of sp³-hybridized carbons (Fsp3) is 0.346. The molecule has 1 fully saturated rings. The summed E-state index contributed by atoms with van der Waals surface area (Å²) in [5.74, 6) is -0.0266. The van der Waals surface area contributed by atoms with Crippen LogP contribution in [0, 0.1) is 18.3 Å². The molecule has 1 amide bonds. The van der Waals surface area contributed by atoms with Gasteiger partial charge in [-0.3, -0.25) is 23.9 Å². The average Bonchev–Trinajstić information content (AvgIpc) is 3.14. The smallest absolute Gasteiger partial charge is 0.303 e. The number of aliphatic carboxylic acids is 1. The third-order valence-electron chi connectivity index (χ3n) is 5.86. The molecule has 1 aromatic heterocycles. The highest BCUT2D eigenvalue weighted by Gasteiger charge is 2.32. The van der Waals surface area contributed by atoms with Crippen LogP contribution in [-0.2, 0) is 22.7 Å². The normalized spacial score (nSPS) is 14.2. The van der Waals surface area contributed by atoms with Gasteiger partial charge in [0.2, 0.25) is 0 Å². The zero-order chi connectivity index (χ0) is 27.1. The van der Waals surface area contributed by atoms with Crippen LogP contribution in [0.4, 0.5) is 5.82 Å². The van der Waals surface area contributed by atoms with Crippen LogP contribution < -0.4 is 15.6 Å². The number of benzene rings is 1. The number of aromatic nitrogens is 1. The number of thiocarbonyl (C=S) groups is 1. The molecular formula is C26H28N4O5S2. The summed E-state index contributed by atoms with van der Waals surface area (Å²) in [5.41, 5.74) is 1.61. The van der Waals surface area contributed by atoms with E-state index in [0.29, 0.717) is 45.7 Å². The molecule has 2 N–H and O–H groups in total. The van der Waals surface area contributed by atoms with Crippen LogP contribution in [0.2, 0.25) is 0 Å². The molecule has 3 rings (SSSR count). The standard InChI is InChI=1S/C26H28N4O5S2/c1-4-11-29-23(28-15-17-7-9-18(35-3)10-8-17)19(16(2)20(14-27)24(29)33)13-21-25(34)30(26(36)37-21)12-5-6-22(31)32/h7-10,13,28H,4-6,11-12,15H2,1-3H3,(H,31,32)/b21-13+. The first kappa shape index (κ1) is 28.0. The summed E-state index contributed by atoms with van der Waals surface area (Å²) >= 11 is 6.49. The molecule has 0 unspecified atom stereocenters. The van der Waals surface area contributed by atoms with E-state index in [2.05, 4.69) is 5.32 Å². The van der Waals surface area contributed by atoms with Gasteiger partial charge in [-0.25, -0.2) is 0 Å². The molecule has 0 radical (unpaired) electrons. The van der Waals surface area contributed by atoms with Crippen molar-refractivity contribution in [3.05, 3.63) is 61.8 Å². The van der Waals surface area contributed by atoms with Crippen LogP contribution in [0.3, 0.4) is 0 Å². The van der Waals surface area contributed by atoms with E-state index in [1.54, 1.807) is 20.1 Å². The number of hydrogen-bond donors (Lipinski definition) is 2. The van der Waals surface area contributed by atoms with E-state index in [0.717, 1.165) is 23.1 Å². The molecule has 1 aromatic carbocycles. The Labute approximate surface area is 224 Å². The Bertz CT molecular complexity index is 1340. The Morgan fingerprint density at radius 1 is 1.27 bits per heavy atom. The molecule has 0 saturated carbocycles. The lowest BCUT2D eigenvalue weighted by molar-refractivity contribution is -0.137. The van der Waals surface area contributed by atoms with Crippen LogP contribution in [0.5, 0.6) is 5.75 Å². The maximum atomic E-state index is 13.2. The number of carbonyl (C=O) groups is 2. The Morgan fingerprint density at radius 2 is 1.97 bits per heavy atom. The highest BCUT2D eigenvalue weighted by Crippen LogP contribution is 2.35. The molecule has 0 atom stereocenters. The van der Waals surface area contributed by atoms with Gasteiger partial charge in [0.15, 0.2) is 0 Å². The third-order valence-corrected chi connectivity index (χ3v) is 7.24. The van der Waals surface area contributed by atoms with Gasteiger partial charge in [-0.05, 0) is 49.1 Å². The lowest BCUT2D eigenvalue weighted by Gasteiger charge is -2.20. The van der Waals surface area contributed by atoms with Gasteiger partial charge in [-0.15, -0.1) is 0 Å². The van der Waals surface area contributed by atoms with Crippen LogP contribution in [0.1, 0.15) is 48.4 Å². The van der Waals surface area contributed by atoms with Crippen molar-refractivity contribution >= 4 is 52.1 Å². The fourth-order valence-corrected chi connectivity index (χ4v) is 5.22. The van der Waals surface area contributed by atoms with Gasteiger partial charge in [0, 0.05) is 31.6 Å². The Kier molecular flexibility index (Phi) is 9.49. The molecule has 1 saturated heterocycles. The lowest BCUT2D eigenvalue weighted by Crippen LogP contribution is -2.29. The van der Waals surface area contributed by atoms with Gasteiger partial charge in [0.25, 0.3) is 11.5 Å². The van der Waals surface area contributed by atoms with Crippen molar-refractivity contribution in [1.29, 1.82) is 5.26 Å². The maximum absolute atomic E-state index is 13.2. The molecule has 37 heavy (non-hydrogen) atoms. The summed E-state index contributed by atoms with van der Waals surface area (Å²) in [7, 11) is 1.59. The largest absolute Gasteiger partial charge is 0.497 e. The van der Waals surface area contributed by atoms with Gasteiger partial charge < -0.3 is 15.2 Å². The number of ether oxygens (including phenoxy) is 1. The van der Waals surface area contributed by atoms with E-state index in [4.69, 9.17) is 22.1 Å². The molecule has 1 aliphatic rings. The Balaban J connectivity index is 2.04. The highest BCUT2D eigenvalue weighted by atomic mass is 32.2. The second-order valence-electron chi connectivity index (χ2n) is 8.36. The van der Waals surface area contributed by atoms with Crippen LogP contribution >= 0.6 is 24.0 Å². The molecule has 194 valence electrons. The summed E-state index contributed by atoms with van der Waals surface area (Å²) in [6.07, 6.45) is 2.54. The lowest BCUT2D eigenvalue weighted by atomic mass is 10.0. The van der Waals surface area contributed by atoms with Gasteiger partial charge in [0.05, 0.1) is 12.0 Å². The van der Waals surface area contributed by atoms with Gasteiger partial charge in [-0.1, -0.05) is 43.0 Å². The highest BCUT2D eigenvalue weighted by molar-refractivity contribution is 8.26. The first-order chi connectivity index (χ1) is 17.7. The van der Waals surface area contributed by atoms with Gasteiger partial charge in [0.1, 0.15) is 27.5 Å². The number of pyridine rings is 1. The van der Waals surface area contributed by atoms with Crippen LogP contribution in [0.25, 0.3) is 6.08 Å². The number of nitrogens with zero attached hydrogens (tertiary/aromatic N) is 3. The Morgan fingerprint density at radius 3 is 2.57 bits per heavy atom. The minimum absolute atomic E-state index is 0.0200. The summed E-state index contributed by atoms with van der Waals surface area (Å²) in [6.45, 7) is 4.61. The summed E-state index contributed by atoms with van der Waals surface area (Å²) in [4.78, 5) is 38.9. The molecule has 0 aliphatic carbocycles. The van der Waals surface area contributed by atoms with E-state index in [-0.39, 0.29) is 30.9 Å². The number of rotatable bonds is 11. The minimum atomic E-state index is -0.939. The molecule has 11 heteroatoms. The number of hydrogen-bond acceptors (Lipinski definition) is 8. The molecule has 2 aromatic rings. The maximum Gasteiger partial charge on any atom is 0.303 e. The number of amides is 1. The van der Waals surface area contributed by atoms with Gasteiger partial charge >= 0.3 is 5.97 Å². The average molecular weight is 541 g/mol. The minimum Gasteiger partial charge on any atom is -0.497 e. The molecule has 1 aliphatic heterocycles. The monoisotopic (exact) mass is 540 g/mol. The predicted molar refractivity (Wildman–Crippen MR) is 148 cm³/mol. The number of thioether (sulfide) groups is 1. The number of methoxy groups -OCH3 is 1. The van der Waals surface area contributed by atoms with Crippen LogP contribution in [0.15, 0.2) is 34.0 Å². The van der Waals surface area contributed by atoms with E-state index in [9.17, 15) is 19.6 Å². The second-order valence-corrected chi connectivity index (χ2v) is 10.0. The number of carbonyl (C=O) groups excluding carboxylic acids is 1. The number of carboxylic acid groups (broad SMARTS) is 1. The number of nitrogens with one attached hydrogen (secondary N) is 1. The summed E-state index contributed by atoms with van der Waals surface area (Å²) < 4.78 is 7.09. The third kappa shape index (κ3) is 6.39. The molecule has 2 heterocycles. The molecular weight excluding hydrogens is 512 g/mol. The molecule has 9 nitrogen and oxygen atoms in total. The van der Waals surface area contributed by atoms with E-state index in [1.807, 2.05) is 37.3 Å². The zero-order valence-electron chi connectivity index (χ0n) is 20.9. The Hall–Kier alpha value is -3.62. The number of carboxylic acids is 1. The molecule has 0 spiro atoms. The van der Waals surface area contributed by atoms with E-state index >= 15 is 0 Å². The number of anilines is 1. The van der Waals surface area contributed by atoms with Crippen molar-refractivity contribution in [2.45, 2.75) is 46.2 Å². The fourth-order valence-electron chi connectivity index (χ4n) is 3.93. The summed E-state index contributed by atoms with van der Waals surface area (Å²) in [5, 5.41) is 22.0. The van der Waals surface area contributed by atoms with Crippen molar-refractivity contribution in [3.8, 4) is 11.8 Å². The SMILES string of the molecule is CCCn1c(NCc2ccc(OC)cc2)c(/C=C2/SC(=S)N(CCCC(=O)O)C2=O)c(C)c(C#N)c1=O. The van der Waals surface area contributed by atoms with Crippen molar-refractivity contribution < 1.29 is 19.4 Å². The number of nitriles is 1. The van der Waals surface area contributed by atoms with Crippen molar-refractivity contribution in [1.82, 2.24) is 9.47 Å². The predicted octanol–water partition coefficient (Wildman–Crippen LogP) is 4.13. The van der Waals surface area contributed by atoms with Crippen molar-refractivity contribution in [2.24, 2.45) is 0 Å². The van der Waals surface area contributed by atoms with E-state index in [1.165, 1.54) is 9.47 Å².